The quantitative estimate of drug-likeness (QED) is 0.440. The van der Waals surface area contributed by atoms with Crippen molar-refractivity contribution >= 4 is 21.6 Å². The Morgan fingerprint density at radius 2 is 1.56 bits per heavy atom. The fourth-order valence-corrected chi connectivity index (χ4v) is 4.51. The fourth-order valence-electron chi connectivity index (χ4n) is 3.45. The summed E-state index contributed by atoms with van der Waals surface area (Å²) < 4.78 is 38.4. The van der Waals surface area contributed by atoms with Crippen molar-refractivity contribution in [2.24, 2.45) is 0 Å². The van der Waals surface area contributed by atoms with E-state index in [1.54, 1.807) is 56.7 Å². The predicted molar refractivity (Wildman–Crippen MR) is 133 cm³/mol. The van der Waals surface area contributed by atoms with Crippen LogP contribution in [0.4, 0.5) is 5.69 Å². The van der Waals surface area contributed by atoms with Gasteiger partial charge in [-0.3, -0.25) is 9.52 Å². The Morgan fingerprint density at radius 3 is 2.18 bits per heavy atom. The number of carbonyl (C=O) groups is 1. The first-order chi connectivity index (χ1) is 16.2. The number of rotatable bonds is 10. The molecule has 0 unspecified atom stereocenters. The molecule has 0 spiro atoms. The zero-order valence-electron chi connectivity index (χ0n) is 19.8. The SMILES string of the molecule is COc1ccc([C@H](C)NC(=O)CCc2ccc(S(=O)(=O)Nc3ccc(C)cc3)cc2)cc1OC. The average Bonchev–Trinajstić information content (AvgIpc) is 2.83. The molecule has 0 aliphatic heterocycles. The maximum atomic E-state index is 12.6. The van der Waals surface area contributed by atoms with Gasteiger partial charge in [-0.15, -0.1) is 0 Å². The van der Waals surface area contributed by atoms with Gasteiger partial charge in [-0.1, -0.05) is 35.9 Å². The topological polar surface area (TPSA) is 93.7 Å². The van der Waals surface area contributed by atoms with Crippen molar-refractivity contribution in [1.29, 1.82) is 0 Å². The van der Waals surface area contributed by atoms with E-state index in [1.807, 2.05) is 38.1 Å². The zero-order valence-corrected chi connectivity index (χ0v) is 20.6. The van der Waals surface area contributed by atoms with Crippen LogP contribution in [0, 0.1) is 6.92 Å². The lowest BCUT2D eigenvalue weighted by Crippen LogP contribution is -2.26. The molecule has 0 fully saturated rings. The van der Waals surface area contributed by atoms with Crippen molar-refractivity contribution in [1.82, 2.24) is 5.32 Å². The molecular weight excluding hydrogens is 452 g/mol. The molecule has 0 heterocycles. The largest absolute Gasteiger partial charge is 0.493 e. The van der Waals surface area contributed by atoms with Gasteiger partial charge in [0, 0.05) is 12.1 Å². The third kappa shape index (κ3) is 6.51. The van der Waals surface area contributed by atoms with Crippen molar-refractivity contribution in [2.45, 2.75) is 37.6 Å². The number of ether oxygens (including phenoxy) is 2. The van der Waals surface area contributed by atoms with Gasteiger partial charge in [0.25, 0.3) is 10.0 Å². The van der Waals surface area contributed by atoms with Crippen molar-refractivity contribution < 1.29 is 22.7 Å². The molecule has 0 aliphatic rings. The Morgan fingerprint density at radius 1 is 0.912 bits per heavy atom. The second-order valence-corrected chi connectivity index (χ2v) is 9.70. The predicted octanol–water partition coefficient (Wildman–Crippen LogP) is 4.62. The number of benzene rings is 3. The summed E-state index contributed by atoms with van der Waals surface area (Å²) in [6.45, 7) is 3.84. The number of anilines is 1. The van der Waals surface area contributed by atoms with E-state index in [9.17, 15) is 13.2 Å². The Bertz CT molecular complexity index is 1220. The average molecular weight is 483 g/mol. The van der Waals surface area contributed by atoms with Gasteiger partial charge in [-0.25, -0.2) is 8.42 Å². The van der Waals surface area contributed by atoms with E-state index in [0.29, 0.717) is 23.6 Å². The van der Waals surface area contributed by atoms with Crippen LogP contribution >= 0.6 is 0 Å². The van der Waals surface area contributed by atoms with E-state index in [4.69, 9.17) is 9.47 Å². The molecule has 3 aromatic rings. The summed E-state index contributed by atoms with van der Waals surface area (Å²) in [6.07, 6.45) is 0.779. The summed E-state index contributed by atoms with van der Waals surface area (Å²) in [7, 11) is -0.536. The van der Waals surface area contributed by atoms with Crippen molar-refractivity contribution in [2.75, 3.05) is 18.9 Å². The molecule has 2 N–H and O–H groups in total. The Kier molecular flexibility index (Phi) is 8.17. The number of methoxy groups -OCH3 is 2. The third-order valence-electron chi connectivity index (χ3n) is 5.46. The Hall–Kier alpha value is -3.52. The second-order valence-electron chi connectivity index (χ2n) is 8.02. The van der Waals surface area contributed by atoms with Crippen LogP contribution in [0.15, 0.2) is 71.6 Å². The number of carbonyl (C=O) groups excluding carboxylic acids is 1. The van der Waals surface area contributed by atoms with Crippen LogP contribution in [0.2, 0.25) is 0 Å². The zero-order chi connectivity index (χ0) is 24.7. The normalized spacial score (nSPS) is 12.0. The van der Waals surface area contributed by atoms with Gasteiger partial charge in [0.1, 0.15) is 0 Å². The monoisotopic (exact) mass is 482 g/mol. The van der Waals surface area contributed by atoms with Crippen LogP contribution in [0.3, 0.4) is 0 Å². The minimum atomic E-state index is -3.68. The molecular formula is C26H30N2O5S. The van der Waals surface area contributed by atoms with Crippen LogP contribution in [0.5, 0.6) is 11.5 Å². The summed E-state index contributed by atoms with van der Waals surface area (Å²) >= 11 is 0. The highest BCUT2D eigenvalue weighted by atomic mass is 32.2. The molecule has 0 aliphatic carbocycles. The lowest BCUT2D eigenvalue weighted by Gasteiger charge is -2.16. The lowest BCUT2D eigenvalue weighted by molar-refractivity contribution is -0.121. The van der Waals surface area contributed by atoms with Gasteiger partial charge < -0.3 is 14.8 Å². The maximum absolute atomic E-state index is 12.6. The summed E-state index contributed by atoms with van der Waals surface area (Å²) in [4.78, 5) is 12.6. The molecule has 180 valence electrons. The molecule has 8 heteroatoms. The van der Waals surface area contributed by atoms with Crippen LogP contribution in [0.25, 0.3) is 0 Å². The highest BCUT2D eigenvalue weighted by molar-refractivity contribution is 7.92. The maximum Gasteiger partial charge on any atom is 0.261 e. The molecule has 0 aromatic heterocycles. The highest BCUT2D eigenvalue weighted by Crippen LogP contribution is 2.30. The van der Waals surface area contributed by atoms with Crippen molar-refractivity contribution in [3.63, 3.8) is 0 Å². The van der Waals surface area contributed by atoms with Gasteiger partial charge >= 0.3 is 0 Å². The van der Waals surface area contributed by atoms with E-state index in [-0.39, 0.29) is 23.3 Å². The van der Waals surface area contributed by atoms with Crippen LogP contribution < -0.4 is 19.5 Å². The highest BCUT2D eigenvalue weighted by Gasteiger charge is 2.15. The first kappa shape index (κ1) is 25.1. The number of sulfonamides is 1. The summed E-state index contributed by atoms with van der Waals surface area (Å²) in [5.41, 5.74) is 3.34. The minimum absolute atomic E-state index is 0.0972. The lowest BCUT2D eigenvalue weighted by atomic mass is 10.1. The van der Waals surface area contributed by atoms with Crippen LogP contribution in [-0.2, 0) is 21.2 Å². The molecule has 0 saturated heterocycles. The second kappa shape index (κ2) is 11.1. The molecule has 1 amide bonds. The summed E-state index contributed by atoms with van der Waals surface area (Å²) in [6, 6.07) is 19.0. The van der Waals surface area contributed by atoms with E-state index in [0.717, 1.165) is 16.7 Å². The van der Waals surface area contributed by atoms with Gasteiger partial charge in [-0.05, 0) is 67.8 Å². The van der Waals surface area contributed by atoms with Crippen molar-refractivity contribution in [3.05, 3.63) is 83.4 Å². The van der Waals surface area contributed by atoms with Crippen LogP contribution in [-0.4, -0.2) is 28.5 Å². The van der Waals surface area contributed by atoms with Gasteiger partial charge in [0.05, 0.1) is 25.2 Å². The number of aryl methyl sites for hydroxylation is 2. The number of hydrogen-bond donors (Lipinski definition) is 2. The van der Waals surface area contributed by atoms with Crippen molar-refractivity contribution in [3.8, 4) is 11.5 Å². The van der Waals surface area contributed by atoms with Gasteiger partial charge in [0.2, 0.25) is 5.91 Å². The Labute approximate surface area is 201 Å². The molecule has 34 heavy (non-hydrogen) atoms. The number of hydrogen-bond acceptors (Lipinski definition) is 5. The molecule has 3 aromatic carbocycles. The number of nitrogens with one attached hydrogen (secondary N) is 2. The molecule has 3 rings (SSSR count). The summed E-state index contributed by atoms with van der Waals surface area (Å²) in [5, 5.41) is 2.98. The summed E-state index contributed by atoms with van der Waals surface area (Å²) in [5.74, 6) is 1.14. The smallest absolute Gasteiger partial charge is 0.261 e. The first-order valence-electron chi connectivity index (χ1n) is 10.9. The molecule has 0 saturated carbocycles. The Balaban J connectivity index is 1.55. The van der Waals surface area contributed by atoms with Gasteiger partial charge in [-0.2, -0.15) is 0 Å². The van der Waals surface area contributed by atoms with Gasteiger partial charge in [0.15, 0.2) is 11.5 Å². The molecule has 0 radical (unpaired) electrons. The molecule has 7 nitrogen and oxygen atoms in total. The van der Waals surface area contributed by atoms with Crippen LogP contribution in [0.1, 0.15) is 36.1 Å². The van der Waals surface area contributed by atoms with E-state index in [2.05, 4.69) is 10.0 Å². The number of amides is 1. The molecule has 1 atom stereocenters. The van der Waals surface area contributed by atoms with E-state index in [1.165, 1.54) is 0 Å². The molecule has 0 bridgehead atoms. The third-order valence-corrected chi connectivity index (χ3v) is 6.86. The standard InChI is InChI=1S/C26H30N2O5S/c1-18-5-11-22(12-6-18)28-34(30,31)23-13-7-20(8-14-23)9-16-26(29)27-19(2)21-10-15-24(32-3)25(17-21)33-4/h5-8,10-15,17,19,28H,9,16H2,1-4H3,(H,27,29)/t19-/m0/s1. The fraction of sp³-hybridized carbons (Fsp3) is 0.269. The minimum Gasteiger partial charge on any atom is -0.493 e. The van der Waals surface area contributed by atoms with E-state index >= 15 is 0 Å². The van der Waals surface area contributed by atoms with E-state index < -0.39 is 10.0 Å². The first-order valence-corrected chi connectivity index (χ1v) is 12.4.